The molecule has 2 heterocycles. The molecule has 7 rings (SSSR count). The number of carboxylic acid groups (broad SMARTS) is 1. The number of sulfonamides is 3. The van der Waals surface area contributed by atoms with Gasteiger partial charge >= 0.3 is 18.0 Å². The van der Waals surface area contributed by atoms with E-state index in [9.17, 15) is 58.3 Å². The maximum atomic E-state index is 13.6. The largest absolute Gasteiger partial charge is 0.496 e. The fourth-order valence-corrected chi connectivity index (χ4v) is 11.8. The number of hydrogen-bond acceptors (Lipinski definition) is 11. The van der Waals surface area contributed by atoms with Gasteiger partial charge in [-0.05, 0) is 84.1 Å². The standard InChI is InChI=1S/C26H25Cl2N3O6S.C20H22F2N4O6S2/c1-37-24-6-3-2-5-22(24)18-9-7-17(8-10-18)13-23(25(32)33)29-26(34)30-11-4-12-31(30)38(35,36)21-15-19(27)14-20(28)16-21;1-33(29,30)24-19(27)18(12-14-6-8-15(21)9-7-14)23-20(28)25-10-3-11-26(25)34(31,32)17-5-2-4-16(22)13-17/h2-3,5-10,14-16,23H,4,11-13H2,1H3,(H,29,34)(H,32,33);2,4-9,13,18H,3,10-12H2,1H3,(H,23,28)(H,24,27)/t23-;18-/m00/s1. The van der Waals surface area contributed by atoms with Gasteiger partial charge in [-0.1, -0.05) is 83.9 Å². The van der Waals surface area contributed by atoms with Gasteiger partial charge in [0.15, 0.2) is 0 Å². The summed E-state index contributed by atoms with van der Waals surface area (Å²) in [6, 6.07) is 23.4. The Labute approximate surface area is 424 Å². The number of carbonyl (C=O) groups is 4. The number of carbonyl (C=O) groups excluding carboxylic acids is 3. The number of nitrogens with zero attached hydrogens (tertiary/aromatic N) is 4. The molecule has 0 radical (unpaired) electrons. The average molecular weight is 1100 g/mol. The Morgan fingerprint density at radius 1 is 0.639 bits per heavy atom. The summed E-state index contributed by atoms with van der Waals surface area (Å²) in [7, 11) is -10.8. The lowest BCUT2D eigenvalue weighted by Gasteiger charge is -2.29. The topological polar surface area (TPSA) is 249 Å². The number of halogens is 4. The van der Waals surface area contributed by atoms with E-state index in [1.807, 2.05) is 36.4 Å². The number of carboxylic acids is 1. The molecule has 0 spiro atoms. The molecule has 4 N–H and O–H groups in total. The third-order valence-electron chi connectivity index (χ3n) is 10.9. The summed E-state index contributed by atoms with van der Waals surface area (Å²) >= 11 is 11.9. The Hall–Kier alpha value is -6.41. The first-order valence-electron chi connectivity index (χ1n) is 21.6. The van der Waals surface area contributed by atoms with Crippen LogP contribution in [0.15, 0.2) is 125 Å². The second-order valence-electron chi connectivity index (χ2n) is 16.1. The van der Waals surface area contributed by atoms with Gasteiger partial charge in [0.1, 0.15) is 29.5 Å². The molecule has 2 atom stereocenters. The zero-order chi connectivity index (χ0) is 52.5. The van der Waals surface area contributed by atoms with Crippen LogP contribution in [0.1, 0.15) is 24.0 Å². The van der Waals surface area contributed by atoms with Crippen molar-refractivity contribution in [3.8, 4) is 16.9 Å². The first-order valence-corrected chi connectivity index (χ1v) is 27.1. The van der Waals surface area contributed by atoms with Crippen molar-refractivity contribution in [3.05, 3.63) is 148 Å². The van der Waals surface area contributed by atoms with Crippen LogP contribution in [-0.2, 0) is 52.5 Å². The van der Waals surface area contributed by atoms with E-state index in [0.717, 1.165) is 60.5 Å². The first-order chi connectivity index (χ1) is 34.0. The van der Waals surface area contributed by atoms with E-state index in [4.69, 9.17) is 27.9 Å². The summed E-state index contributed by atoms with van der Waals surface area (Å²) < 4.78 is 111. The number of aliphatic carboxylic acids is 1. The minimum absolute atomic E-state index is 0.00221. The van der Waals surface area contributed by atoms with E-state index >= 15 is 0 Å². The summed E-state index contributed by atoms with van der Waals surface area (Å²) in [5.74, 6) is -2.89. The van der Waals surface area contributed by atoms with E-state index < -0.39 is 77.7 Å². The van der Waals surface area contributed by atoms with Crippen LogP contribution in [0.2, 0.25) is 10.0 Å². The number of para-hydroxylation sites is 1. The van der Waals surface area contributed by atoms with Gasteiger partial charge in [0.05, 0.1) is 23.2 Å². The molecule has 0 aliphatic carbocycles. The van der Waals surface area contributed by atoms with Crippen LogP contribution in [0.3, 0.4) is 0 Å². The van der Waals surface area contributed by atoms with Crippen molar-refractivity contribution in [3.63, 3.8) is 0 Å². The first kappa shape index (κ1) is 54.9. The van der Waals surface area contributed by atoms with Crippen molar-refractivity contribution >= 4 is 77.2 Å². The van der Waals surface area contributed by atoms with E-state index in [1.54, 1.807) is 24.0 Å². The van der Waals surface area contributed by atoms with Gasteiger partial charge < -0.3 is 20.5 Å². The second-order valence-corrected chi connectivity index (χ2v) is 22.4. The van der Waals surface area contributed by atoms with E-state index in [0.29, 0.717) is 23.3 Å². The molecule has 2 saturated heterocycles. The van der Waals surface area contributed by atoms with Crippen LogP contribution in [-0.4, -0.2) is 125 Å². The second kappa shape index (κ2) is 23.4. The van der Waals surface area contributed by atoms with Crippen molar-refractivity contribution < 1.29 is 63.1 Å². The van der Waals surface area contributed by atoms with Crippen molar-refractivity contribution in [2.45, 2.75) is 47.6 Å². The van der Waals surface area contributed by atoms with Crippen LogP contribution < -0.4 is 20.1 Å². The van der Waals surface area contributed by atoms with Crippen molar-refractivity contribution in [1.29, 1.82) is 0 Å². The average Bonchev–Trinajstić information content (AvgIpc) is 4.04. The monoisotopic (exact) mass is 1090 g/mol. The molecule has 0 saturated carbocycles. The molecule has 5 aromatic carbocycles. The van der Waals surface area contributed by atoms with Crippen LogP contribution in [0, 0.1) is 11.6 Å². The maximum absolute atomic E-state index is 13.6. The normalized spacial score (nSPS) is 15.2. The summed E-state index contributed by atoms with van der Waals surface area (Å²) in [5, 5.41) is 16.7. The molecule has 384 valence electrons. The van der Waals surface area contributed by atoms with E-state index in [-0.39, 0.29) is 65.3 Å². The number of methoxy groups -OCH3 is 1. The molecule has 72 heavy (non-hydrogen) atoms. The highest BCUT2D eigenvalue weighted by atomic mass is 35.5. The number of benzene rings is 5. The van der Waals surface area contributed by atoms with Gasteiger partial charge in [0.25, 0.3) is 26.0 Å². The minimum Gasteiger partial charge on any atom is -0.496 e. The molecule has 0 unspecified atom stereocenters. The minimum atomic E-state index is -4.28. The van der Waals surface area contributed by atoms with Gasteiger partial charge in [-0.3, -0.25) is 9.52 Å². The molecular formula is C46H47Cl2F2N7O12S3. The van der Waals surface area contributed by atoms with E-state index in [1.165, 1.54) is 42.5 Å². The predicted octanol–water partition coefficient (Wildman–Crippen LogP) is 5.66. The number of ether oxygens (including phenoxy) is 1. The van der Waals surface area contributed by atoms with Gasteiger partial charge in [0.2, 0.25) is 10.0 Å². The molecule has 0 bridgehead atoms. The smallest absolute Gasteiger partial charge is 0.333 e. The third-order valence-corrected chi connectivity index (χ3v) is 15.4. The number of hydrazine groups is 2. The fourth-order valence-electron chi connectivity index (χ4n) is 7.54. The zero-order valence-electron chi connectivity index (χ0n) is 38.2. The Morgan fingerprint density at radius 2 is 1.15 bits per heavy atom. The number of hydrogen-bond donors (Lipinski definition) is 4. The van der Waals surface area contributed by atoms with Gasteiger partial charge in [-0.15, -0.1) is 8.83 Å². The summed E-state index contributed by atoms with van der Waals surface area (Å²) in [5.41, 5.74) is 2.87. The van der Waals surface area contributed by atoms with E-state index in [2.05, 4.69) is 10.6 Å². The van der Waals surface area contributed by atoms with Crippen LogP contribution in [0.5, 0.6) is 5.75 Å². The number of nitrogens with one attached hydrogen (secondary N) is 3. The maximum Gasteiger partial charge on any atom is 0.333 e. The molecule has 5 amide bonds. The van der Waals surface area contributed by atoms with Gasteiger partial charge in [-0.25, -0.2) is 58.4 Å². The highest BCUT2D eigenvalue weighted by Crippen LogP contribution is 2.31. The molecule has 0 aromatic heterocycles. The summed E-state index contributed by atoms with van der Waals surface area (Å²) in [6.45, 7) is 0.0586. The lowest BCUT2D eigenvalue weighted by molar-refractivity contribution is -0.139. The van der Waals surface area contributed by atoms with Crippen LogP contribution in [0.4, 0.5) is 18.4 Å². The van der Waals surface area contributed by atoms with Gasteiger partial charge in [-0.2, -0.15) is 0 Å². The lowest BCUT2D eigenvalue weighted by atomic mass is 10.00. The molecule has 2 fully saturated rings. The highest BCUT2D eigenvalue weighted by molar-refractivity contribution is 7.89. The van der Waals surface area contributed by atoms with Crippen molar-refractivity contribution in [2.24, 2.45) is 0 Å². The number of urea groups is 2. The Kier molecular flexibility index (Phi) is 17.9. The number of rotatable bonds is 15. The van der Waals surface area contributed by atoms with Crippen LogP contribution in [0.25, 0.3) is 11.1 Å². The Bertz CT molecular complexity index is 3140. The fraction of sp³-hybridized carbons (Fsp3) is 0.261. The van der Waals surface area contributed by atoms with Crippen molar-refractivity contribution in [1.82, 2.24) is 34.2 Å². The quantitative estimate of drug-likeness (QED) is 0.0992. The van der Waals surface area contributed by atoms with Gasteiger partial charge in [0, 0.05) is 54.6 Å². The molecule has 2 aliphatic heterocycles. The molecule has 5 aromatic rings. The SMILES string of the molecule is COc1ccccc1-c1ccc(C[C@H](NC(=O)N2CCCN2S(=O)(=O)c2cc(Cl)cc(Cl)c2)C(=O)O)cc1.CS(=O)(=O)NC(=O)[C@H](Cc1ccc(F)cc1)NC(=O)N1CCCN1S(=O)(=O)c1cccc(F)c1. The predicted molar refractivity (Wildman–Crippen MR) is 261 cm³/mol. The molecule has 26 heteroatoms. The van der Waals surface area contributed by atoms with Crippen molar-refractivity contribution in [2.75, 3.05) is 39.5 Å². The number of amides is 5. The van der Waals surface area contributed by atoms with Crippen LogP contribution >= 0.6 is 23.2 Å². The Morgan fingerprint density at radius 3 is 1.68 bits per heavy atom. The highest BCUT2D eigenvalue weighted by Gasteiger charge is 2.40. The Balaban J connectivity index is 0.000000237. The zero-order valence-corrected chi connectivity index (χ0v) is 42.2. The molecule has 19 nitrogen and oxygen atoms in total. The molecule has 2 aliphatic rings. The third kappa shape index (κ3) is 14.0. The lowest BCUT2D eigenvalue weighted by Crippen LogP contribution is -2.56. The summed E-state index contributed by atoms with van der Waals surface area (Å²) in [6.07, 6.45) is 1.22. The molecular weight excluding hydrogens is 1050 g/mol. The summed E-state index contributed by atoms with van der Waals surface area (Å²) in [4.78, 5) is 50.0.